The average molecular weight is 564 g/mol. The molecule has 0 saturated carbocycles. The van der Waals surface area contributed by atoms with Crippen molar-refractivity contribution >= 4 is 57.7 Å². The zero-order valence-electron chi connectivity index (χ0n) is 20.3. The third-order valence-corrected chi connectivity index (χ3v) is 7.78. The summed E-state index contributed by atoms with van der Waals surface area (Å²) in [5.41, 5.74) is 0.885. The quantitative estimate of drug-likeness (QED) is 0.231. The maximum atomic E-state index is 13.3. The molecule has 0 bridgehead atoms. The number of aromatic nitrogens is 1. The van der Waals surface area contributed by atoms with E-state index in [1.54, 1.807) is 30.3 Å². The van der Waals surface area contributed by atoms with Crippen LogP contribution in [0.25, 0.3) is 6.08 Å². The molecule has 1 aliphatic heterocycles. The third kappa shape index (κ3) is 5.73. The van der Waals surface area contributed by atoms with Gasteiger partial charge in [-0.2, -0.15) is 5.26 Å². The molecule has 1 aromatic heterocycles. The molecule has 0 unspecified atom stereocenters. The molecule has 0 radical (unpaired) electrons. The lowest BCUT2D eigenvalue weighted by Gasteiger charge is -2.17. The number of aryl methyl sites for hydroxylation is 1. The molecule has 3 aromatic rings. The second-order valence-corrected chi connectivity index (χ2v) is 10.7. The Bertz CT molecular complexity index is 1560. The van der Waals surface area contributed by atoms with Gasteiger partial charge in [0.25, 0.3) is 11.5 Å². The maximum absolute atomic E-state index is 13.3. The minimum absolute atomic E-state index is 0.00856. The van der Waals surface area contributed by atoms with Gasteiger partial charge in [-0.15, -0.1) is 0 Å². The van der Waals surface area contributed by atoms with Gasteiger partial charge in [0.05, 0.1) is 10.5 Å². The van der Waals surface area contributed by atoms with Crippen molar-refractivity contribution in [2.24, 2.45) is 0 Å². The van der Waals surface area contributed by atoms with Gasteiger partial charge >= 0.3 is 0 Å². The molecule has 1 fully saturated rings. The molecule has 0 atom stereocenters. The number of Topliss-reactive ketones (excluding diaryl/α,β-unsaturated/α-hetero) is 1. The Morgan fingerprint density at radius 2 is 1.82 bits per heavy atom. The van der Waals surface area contributed by atoms with Crippen molar-refractivity contribution in [2.45, 2.75) is 26.3 Å². The van der Waals surface area contributed by atoms with Crippen LogP contribution in [0.15, 0.2) is 64.3 Å². The zero-order chi connectivity index (χ0) is 27.4. The van der Waals surface area contributed by atoms with Crippen LogP contribution in [0.3, 0.4) is 0 Å². The van der Waals surface area contributed by atoms with E-state index in [9.17, 15) is 24.8 Å². The van der Waals surface area contributed by atoms with E-state index >= 15 is 0 Å². The van der Waals surface area contributed by atoms with Crippen LogP contribution < -0.4 is 5.56 Å². The van der Waals surface area contributed by atoms with E-state index in [2.05, 4.69) is 0 Å². The average Bonchev–Trinajstić information content (AvgIpc) is 3.16. The van der Waals surface area contributed by atoms with E-state index in [-0.39, 0.29) is 42.1 Å². The molecule has 2 heterocycles. The predicted octanol–water partition coefficient (Wildman–Crippen LogP) is 5.10. The van der Waals surface area contributed by atoms with E-state index < -0.39 is 17.2 Å². The number of rotatable bonds is 8. The maximum Gasteiger partial charge on any atom is 0.271 e. The first-order chi connectivity index (χ1) is 18.2. The number of carbonyl (C=O) groups excluding carboxylic acids is 2. The number of thioether (sulfide) groups is 1. The van der Waals surface area contributed by atoms with Crippen molar-refractivity contribution < 1.29 is 14.7 Å². The van der Waals surface area contributed by atoms with Crippen molar-refractivity contribution in [2.75, 3.05) is 6.54 Å². The summed E-state index contributed by atoms with van der Waals surface area (Å²) in [7, 11) is 0. The fourth-order valence-electron chi connectivity index (χ4n) is 4.12. The number of thiocarbonyl (C=S) groups is 1. The Kier molecular flexibility index (Phi) is 8.47. The van der Waals surface area contributed by atoms with Gasteiger partial charge in [0.2, 0.25) is 5.88 Å². The number of aromatic hydroxyl groups is 1. The monoisotopic (exact) mass is 563 g/mol. The van der Waals surface area contributed by atoms with Gasteiger partial charge in [-0.25, -0.2) is 0 Å². The number of hydrogen-bond acceptors (Lipinski definition) is 7. The lowest BCUT2D eigenvalue weighted by Crippen LogP contribution is -2.31. The molecule has 1 N–H and O–H groups in total. The number of nitrogens with zero attached hydrogens (tertiary/aromatic N) is 3. The molecule has 0 aliphatic carbocycles. The summed E-state index contributed by atoms with van der Waals surface area (Å²) in [4.78, 5) is 40.9. The summed E-state index contributed by atoms with van der Waals surface area (Å²) >= 11 is 12.4. The number of pyridine rings is 1. The van der Waals surface area contributed by atoms with Crippen LogP contribution in [0.5, 0.6) is 5.88 Å². The lowest BCUT2D eigenvalue weighted by atomic mass is 9.99. The molecular weight excluding hydrogens is 542 g/mol. The number of ketones is 1. The van der Waals surface area contributed by atoms with Gasteiger partial charge in [-0.05, 0) is 48.2 Å². The van der Waals surface area contributed by atoms with Gasteiger partial charge in [0, 0.05) is 24.5 Å². The largest absolute Gasteiger partial charge is 0.494 e. The summed E-state index contributed by atoms with van der Waals surface area (Å²) in [5.74, 6) is -1.31. The van der Waals surface area contributed by atoms with Crippen molar-refractivity contribution in [3.8, 4) is 11.9 Å². The second kappa shape index (κ2) is 11.8. The Morgan fingerprint density at radius 3 is 2.47 bits per heavy atom. The van der Waals surface area contributed by atoms with Gasteiger partial charge in [-0.1, -0.05) is 78.0 Å². The molecule has 1 amide bonds. The molecule has 2 aromatic carbocycles. The highest BCUT2D eigenvalue weighted by Gasteiger charge is 2.33. The van der Waals surface area contributed by atoms with Crippen molar-refractivity contribution in [3.63, 3.8) is 0 Å². The van der Waals surface area contributed by atoms with E-state index in [4.69, 9.17) is 23.8 Å². The molecule has 4 rings (SSSR count). The molecule has 1 aliphatic rings. The SMILES string of the molecule is Cc1c(C(=O)CCN2C(=O)/C(=C/c3ccc(Cl)cc3)SC2=S)c(O)n(CCc2ccccc2)c(=O)c1C#N. The van der Waals surface area contributed by atoms with Crippen LogP contribution in [-0.2, 0) is 17.8 Å². The first kappa shape index (κ1) is 27.3. The molecule has 1 saturated heterocycles. The number of hydrogen-bond donors (Lipinski definition) is 1. The number of nitriles is 1. The molecule has 192 valence electrons. The molecule has 38 heavy (non-hydrogen) atoms. The molecule has 0 spiro atoms. The Hall–Kier alpha value is -3.71. The normalized spacial score (nSPS) is 14.2. The number of halogens is 1. The Balaban J connectivity index is 1.54. The Morgan fingerprint density at radius 1 is 1.13 bits per heavy atom. The molecule has 7 nitrogen and oxygen atoms in total. The van der Waals surface area contributed by atoms with Gasteiger partial charge in [0.15, 0.2) is 5.78 Å². The lowest BCUT2D eigenvalue weighted by molar-refractivity contribution is -0.122. The van der Waals surface area contributed by atoms with Crippen LogP contribution in [0.2, 0.25) is 5.02 Å². The van der Waals surface area contributed by atoms with Crippen LogP contribution in [0.4, 0.5) is 0 Å². The van der Waals surface area contributed by atoms with E-state index in [0.717, 1.165) is 27.5 Å². The minimum atomic E-state index is -0.653. The predicted molar refractivity (Wildman–Crippen MR) is 152 cm³/mol. The number of amides is 1. The summed E-state index contributed by atoms with van der Waals surface area (Å²) in [5, 5.41) is 21.1. The van der Waals surface area contributed by atoms with Crippen molar-refractivity contribution in [1.82, 2.24) is 9.47 Å². The van der Waals surface area contributed by atoms with E-state index in [1.165, 1.54) is 11.8 Å². The third-order valence-electron chi connectivity index (χ3n) is 6.15. The van der Waals surface area contributed by atoms with Gasteiger partial charge < -0.3 is 5.11 Å². The highest BCUT2D eigenvalue weighted by Crippen LogP contribution is 2.33. The van der Waals surface area contributed by atoms with Gasteiger partial charge in [0.1, 0.15) is 16.0 Å². The first-order valence-corrected chi connectivity index (χ1v) is 13.3. The van der Waals surface area contributed by atoms with E-state index in [0.29, 0.717) is 20.7 Å². The van der Waals surface area contributed by atoms with Crippen LogP contribution in [0, 0.1) is 18.3 Å². The standard InChI is InChI=1S/C28H22ClN3O4S2/c1-17-21(16-30)25(34)31(13-11-18-5-3-2-4-6-18)27(36)24(17)22(33)12-14-32-26(35)23(38-28(32)37)15-19-7-9-20(29)10-8-19/h2-10,15,36H,11-14H2,1H3/b23-15-. The minimum Gasteiger partial charge on any atom is -0.494 e. The van der Waals surface area contributed by atoms with Crippen molar-refractivity contribution in [1.29, 1.82) is 5.26 Å². The first-order valence-electron chi connectivity index (χ1n) is 11.7. The molecule has 10 heteroatoms. The smallest absolute Gasteiger partial charge is 0.271 e. The van der Waals surface area contributed by atoms with Crippen LogP contribution >= 0.6 is 35.6 Å². The van der Waals surface area contributed by atoms with E-state index in [1.807, 2.05) is 36.4 Å². The fraction of sp³-hybridized carbons (Fsp3) is 0.179. The topological polar surface area (TPSA) is 103 Å². The Labute approximate surface area is 234 Å². The van der Waals surface area contributed by atoms with Crippen LogP contribution in [-0.4, -0.2) is 37.1 Å². The zero-order valence-corrected chi connectivity index (χ0v) is 22.7. The highest BCUT2D eigenvalue weighted by molar-refractivity contribution is 8.26. The number of carbonyl (C=O) groups is 2. The summed E-state index contributed by atoms with van der Waals surface area (Å²) in [6, 6.07) is 18.2. The second-order valence-electron chi connectivity index (χ2n) is 8.56. The molecular formula is C28H22ClN3O4S2. The summed E-state index contributed by atoms with van der Waals surface area (Å²) in [6.45, 7) is 1.54. The van der Waals surface area contributed by atoms with Gasteiger partial charge in [-0.3, -0.25) is 23.9 Å². The highest BCUT2D eigenvalue weighted by atomic mass is 35.5. The van der Waals surface area contributed by atoms with Crippen molar-refractivity contribution in [3.05, 3.63) is 103 Å². The van der Waals surface area contributed by atoms with Crippen LogP contribution in [0.1, 0.15) is 39.0 Å². The number of benzene rings is 2. The summed E-state index contributed by atoms with van der Waals surface area (Å²) in [6.07, 6.45) is 1.97. The fourth-order valence-corrected chi connectivity index (χ4v) is 5.55. The summed E-state index contributed by atoms with van der Waals surface area (Å²) < 4.78 is 1.37.